The molecule has 118 valence electrons. The van der Waals surface area contributed by atoms with E-state index in [2.05, 4.69) is 11.0 Å². The van der Waals surface area contributed by atoms with Crippen LogP contribution in [0.5, 0.6) is 5.75 Å². The van der Waals surface area contributed by atoms with Crippen LogP contribution in [0.15, 0.2) is 42.5 Å². The first-order chi connectivity index (χ1) is 11.2. The van der Waals surface area contributed by atoms with Crippen molar-refractivity contribution in [1.29, 1.82) is 5.26 Å². The number of nitriles is 1. The van der Waals surface area contributed by atoms with Gasteiger partial charge >= 0.3 is 0 Å². The highest BCUT2D eigenvalue weighted by atomic mass is 35.5. The molecule has 0 bridgehead atoms. The molecule has 23 heavy (non-hydrogen) atoms. The molecule has 0 aromatic heterocycles. The van der Waals surface area contributed by atoms with E-state index in [1.807, 2.05) is 42.5 Å². The molecule has 2 aromatic carbocycles. The Hall–Kier alpha value is -2.02. The molecule has 0 amide bonds. The van der Waals surface area contributed by atoms with Crippen LogP contribution in [0.3, 0.4) is 0 Å². The van der Waals surface area contributed by atoms with Crippen molar-refractivity contribution in [2.75, 3.05) is 13.1 Å². The van der Waals surface area contributed by atoms with Crippen LogP contribution in [0.2, 0.25) is 5.02 Å². The lowest BCUT2D eigenvalue weighted by Gasteiger charge is -2.18. The lowest BCUT2D eigenvalue weighted by atomic mass is 10.1. The fraction of sp³-hybridized carbons (Fsp3) is 0.316. The van der Waals surface area contributed by atoms with Gasteiger partial charge < -0.3 is 4.74 Å². The van der Waals surface area contributed by atoms with Gasteiger partial charge in [0, 0.05) is 17.1 Å². The topological polar surface area (TPSA) is 36.3 Å². The number of hydrogen-bond acceptors (Lipinski definition) is 3. The molecular formula is C19H19ClN2O. The van der Waals surface area contributed by atoms with E-state index < -0.39 is 0 Å². The molecular weight excluding hydrogens is 308 g/mol. The number of halogens is 1. The minimum atomic E-state index is 0.486. The third-order valence-corrected chi connectivity index (χ3v) is 4.33. The molecule has 0 unspecified atom stereocenters. The monoisotopic (exact) mass is 326 g/mol. The second kappa shape index (κ2) is 7.50. The molecule has 0 N–H and O–H groups in total. The van der Waals surface area contributed by atoms with Crippen LogP contribution in [-0.4, -0.2) is 18.0 Å². The lowest BCUT2D eigenvalue weighted by Crippen LogP contribution is -2.19. The maximum Gasteiger partial charge on any atom is 0.124 e. The first-order valence-corrected chi connectivity index (χ1v) is 8.25. The van der Waals surface area contributed by atoms with Crippen LogP contribution in [0.4, 0.5) is 0 Å². The smallest absolute Gasteiger partial charge is 0.124 e. The van der Waals surface area contributed by atoms with Crippen LogP contribution in [0, 0.1) is 11.3 Å². The van der Waals surface area contributed by atoms with E-state index in [0.29, 0.717) is 12.2 Å². The van der Waals surface area contributed by atoms with E-state index in [-0.39, 0.29) is 0 Å². The minimum absolute atomic E-state index is 0.486. The molecule has 1 saturated heterocycles. The summed E-state index contributed by atoms with van der Waals surface area (Å²) in [6.45, 7) is 3.65. The van der Waals surface area contributed by atoms with Gasteiger partial charge in [0.1, 0.15) is 12.4 Å². The fourth-order valence-electron chi connectivity index (χ4n) is 2.83. The zero-order chi connectivity index (χ0) is 16.1. The standard InChI is InChI=1S/C19H19ClN2O/c20-18-7-8-19(17(11-18)13-22-9-1-2-10-22)23-14-16-5-3-15(12-21)4-6-16/h3-8,11H,1-2,9-10,13-14H2. The van der Waals surface area contributed by atoms with Crippen LogP contribution >= 0.6 is 11.6 Å². The van der Waals surface area contributed by atoms with Gasteiger partial charge in [0.25, 0.3) is 0 Å². The molecule has 3 nitrogen and oxygen atoms in total. The summed E-state index contributed by atoms with van der Waals surface area (Å²) < 4.78 is 5.99. The van der Waals surface area contributed by atoms with E-state index in [0.717, 1.165) is 41.5 Å². The van der Waals surface area contributed by atoms with Crippen LogP contribution in [0.25, 0.3) is 0 Å². The predicted molar refractivity (Wildman–Crippen MR) is 91.5 cm³/mol. The van der Waals surface area contributed by atoms with Crippen LogP contribution in [-0.2, 0) is 13.2 Å². The molecule has 0 spiro atoms. The highest BCUT2D eigenvalue weighted by Crippen LogP contribution is 2.26. The number of likely N-dealkylation sites (tertiary alicyclic amines) is 1. The normalized spacial score (nSPS) is 14.6. The Labute approximate surface area is 142 Å². The number of nitrogens with zero attached hydrogens (tertiary/aromatic N) is 2. The zero-order valence-corrected chi connectivity index (χ0v) is 13.7. The molecule has 4 heteroatoms. The van der Waals surface area contributed by atoms with Gasteiger partial charge in [-0.25, -0.2) is 0 Å². The predicted octanol–water partition coefficient (Wildman–Crippen LogP) is 4.39. The van der Waals surface area contributed by atoms with Gasteiger partial charge in [0.2, 0.25) is 0 Å². The van der Waals surface area contributed by atoms with Crippen molar-refractivity contribution in [3.63, 3.8) is 0 Å². The van der Waals surface area contributed by atoms with E-state index in [1.165, 1.54) is 12.8 Å². The zero-order valence-electron chi connectivity index (χ0n) is 13.0. The SMILES string of the molecule is N#Cc1ccc(COc2ccc(Cl)cc2CN2CCCC2)cc1. The third-order valence-electron chi connectivity index (χ3n) is 4.09. The van der Waals surface area contributed by atoms with Gasteiger partial charge in [-0.15, -0.1) is 0 Å². The Kier molecular flexibility index (Phi) is 5.17. The Morgan fingerprint density at radius 1 is 1.09 bits per heavy atom. The fourth-order valence-corrected chi connectivity index (χ4v) is 3.03. The Morgan fingerprint density at radius 2 is 1.83 bits per heavy atom. The maximum atomic E-state index is 8.84. The average Bonchev–Trinajstić information content (AvgIpc) is 3.08. The summed E-state index contributed by atoms with van der Waals surface area (Å²) in [6, 6.07) is 15.4. The summed E-state index contributed by atoms with van der Waals surface area (Å²) in [5.41, 5.74) is 2.84. The van der Waals surface area contributed by atoms with Crippen molar-refractivity contribution < 1.29 is 4.74 Å². The number of hydrogen-bond donors (Lipinski definition) is 0. The van der Waals surface area contributed by atoms with Gasteiger partial charge in [-0.3, -0.25) is 4.90 Å². The molecule has 2 aromatic rings. The maximum absolute atomic E-state index is 8.84. The molecule has 1 aliphatic rings. The number of ether oxygens (including phenoxy) is 1. The Balaban J connectivity index is 1.69. The quantitative estimate of drug-likeness (QED) is 0.817. The molecule has 1 fully saturated rings. The van der Waals surface area contributed by atoms with Crippen molar-refractivity contribution >= 4 is 11.6 Å². The summed E-state index contributed by atoms with van der Waals surface area (Å²) in [4.78, 5) is 2.43. The van der Waals surface area contributed by atoms with Crippen LogP contribution < -0.4 is 4.74 Å². The summed E-state index contributed by atoms with van der Waals surface area (Å²) in [5, 5.41) is 9.58. The van der Waals surface area contributed by atoms with Gasteiger partial charge in [-0.2, -0.15) is 5.26 Å². The number of rotatable bonds is 5. The van der Waals surface area contributed by atoms with E-state index in [1.54, 1.807) is 0 Å². The molecule has 0 radical (unpaired) electrons. The van der Waals surface area contributed by atoms with Crippen molar-refractivity contribution in [3.05, 3.63) is 64.2 Å². The van der Waals surface area contributed by atoms with Crippen molar-refractivity contribution in [3.8, 4) is 11.8 Å². The summed E-state index contributed by atoms with van der Waals surface area (Å²) in [5.74, 6) is 0.880. The first-order valence-electron chi connectivity index (χ1n) is 7.87. The summed E-state index contributed by atoms with van der Waals surface area (Å²) in [7, 11) is 0. The lowest BCUT2D eigenvalue weighted by molar-refractivity contribution is 0.286. The average molecular weight is 327 g/mol. The summed E-state index contributed by atoms with van der Waals surface area (Å²) >= 11 is 6.15. The van der Waals surface area contributed by atoms with E-state index in [9.17, 15) is 0 Å². The summed E-state index contributed by atoms with van der Waals surface area (Å²) in [6.07, 6.45) is 2.53. The largest absolute Gasteiger partial charge is 0.489 e. The Bertz CT molecular complexity index is 700. The molecule has 0 atom stereocenters. The van der Waals surface area contributed by atoms with Gasteiger partial charge in [0.05, 0.1) is 11.6 Å². The molecule has 1 aliphatic heterocycles. The van der Waals surface area contributed by atoms with Gasteiger partial charge in [-0.1, -0.05) is 23.7 Å². The van der Waals surface area contributed by atoms with Gasteiger partial charge in [0.15, 0.2) is 0 Å². The van der Waals surface area contributed by atoms with Crippen molar-refractivity contribution in [2.45, 2.75) is 26.0 Å². The highest BCUT2D eigenvalue weighted by Gasteiger charge is 2.15. The number of benzene rings is 2. The molecule has 1 heterocycles. The van der Waals surface area contributed by atoms with E-state index in [4.69, 9.17) is 21.6 Å². The van der Waals surface area contributed by atoms with Crippen LogP contribution in [0.1, 0.15) is 29.5 Å². The second-order valence-corrected chi connectivity index (χ2v) is 6.27. The van der Waals surface area contributed by atoms with Crippen molar-refractivity contribution in [1.82, 2.24) is 4.90 Å². The van der Waals surface area contributed by atoms with Crippen molar-refractivity contribution in [2.24, 2.45) is 0 Å². The third kappa shape index (κ3) is 4.25. The Morgan fingerprint density at radius 3 is 2.52 bits per heavy atom. The molecule has 3 rings (SSSR count). The van der Waals surface area contributed by atoms with Gasteiger partial charge in [-0.05, 0) is 61.8 Å². The van der Waals surface area contributed by atoms with E-state index >= 15 is 0 Å². The minimum Gasteiger partial charge on any atom is -0.489 e. The molecule has 0 aliphatic carbocycles. The molecule has 0 saturated carbocycles. The highest BCUT2D eigenvalue weighted by molar-refractivity contribution is 6.30. The first kappa shape index (κ1) is 15.9. The second-order valence-electron chi connectivity index (χ2n) is 5.83.